The number of aliphatic hydroxyl groups excluding tert-OH is 1. The van der Waals surface area contributed by atoms with Crippen molar-refractivity contribution in [3.63, 3.8) is 0 Å². The zero-order chi connectivity index (χ0) is 17.9. The van der Waals surface area contributed by atoms with Gasteiger partial charge >= 0.3 is 0 Å². The fraction of sp³-hybridized carbons (Fsp3) is 0.500. The van der Waals surface area contributed by atoms with Gasteiger partial charge in [-0.15, -0.1) is 0 Å². The van der Waals surface area contributed by atoms with Crippen LogP contribution < -0.4 is 4.90 Å². The number of carbonyl (C=O) groups is 1. The minimum absolute atomic E-state index is 0.0125. The Hall–Kier alpha value is -2.18. The Morgan fingerprint density at radius 1 is 1.04 bits per heavy atom. The SMILES string of the molecule is O=C1C(N2CCC(c3ccnn3CCO)CC2)CCN1c1ccccc1. The molecule has 26 heavy (non-hydrogen) atoms. The highest BCUT2D eigenvalue weighted by Crippen LogP contribution is 2.31. The van der Waals surface area contributed by atoms with E-state index in [-0.39, 0.29) is 18.6 Å². The van der Waals surface area contributed by atoms with Crippen LogP contribution in [0.25, 0.3) is 0 Å². The van der Waals surface area contributed by atoms with Crippen molar-refractivity contribution in [2.24, 2.45) is 0 Å². The first-order chi connectivity index (χ1) is 12.8. The summed E-state index contributed by atoms with van der Waals surface area (Å²) in [5, 5.41) is 13.5. The van der Waals surface area contributed by atoms with Gasteiger partial charge in [0.1, 0.15) is 0 Å². The maximum atomic E-state index is 12.9. The van der Waals surface area contributed by atoms with Gasteiger partial charge in [0.05, 0.1) is 19.2 Å². The predicted octanol–water partition coefficient (Wildman–Crippen LogP) is 1.86. The molecule has 1 aromatic carbocycles. The topological polar surface area (TPSA) is 61.6 Å². The van der Waals surface area contributed by atoms with Gasteiger partial charge in [-0.25, -0.2) is 0 Å². The van der Waals surface area contributed by atoms with E-state index in [2.05, 4.69) is 16.1 Å². The minimum atomic E-state index is 0.0125. The molecule has 0 aliphatic carbocycles. The maximum Gasteiger partial charge on any atom is 0.244 e. The van der Waals surface area contributed by atoms with Crippen LogP contribution >= 0.6 is 0 Å². The number of nitrogens with zero attached hydrogens (tertiary/aromatic N) is 4. The number of para-hydroxylation sites is 1. The van der Waals surface area contributed by atoms with Crippen LogP contribution in [-0.2, 0) is 11.3 Å². The summed E-state index contributed by atoms with van der Waals surface area (Å²) in [4.78, 5) is 17.2. The van der Waals surface area contributed by atoms with Crippen LogP contribution in [0.3, 0.4) is 0 Å². The molecule has 138 valence electrons. The molecule has 0 spiro atoms. The molecule has 2 aromatic rings. The van der Waals surface area contributed by atoms with Crippen LogP contribution in [0.2, 0.25) is 0 Å². The molecule has 1 amide bonds. The number of benzene rings is 1. The summed E-state index contributed by atoms with van der Waals surface area (Å²) in [7, 11) is 0. The third-order valence-corrected chi connectivity index (χ3v) is 5.69. The van der Waals surface area contributed by atoms with Gasteiger partial charge in [0.25, 0.3) is 0 Å². The Bertz CT molecular complexity index is 737. The van der Waals surface area contributed by atoms with Crippen LogP contribution in [0.4, 0.5) is 5.69 Å². The number of anilines is 1. The first-order valence-corrected chi connectivity index (χ1v) is 9.51. The molecule has 3 heterocycles. The second-order valence-electron chi connectivity index (χ2n) is 7.14. The minimum Gasteiger partial charge on any atom is -0.394 e. The zero-order valence-electron chi connectivity index (χ0n) is 15.0. The largest absolute Gasteiger partial charge is 0.394 e. The number of rotatable bonds is 5. The molecule has 2 aliphatic heterocycles. The van der Waals surface area contributed by atoms with Gasteiger partial charge < -0.3 is 10.0 Å². The Labute approximate surface area is 154 Å². The number of aliphatic hydroxyl groups is 1. The summed E-state index contributed by atoms with van der Waals surface area (Å²) in [6.07, 6.45) is 4.79. The molecule has 0 radical (unpaired) electrons. The molecule has 4 rings (SSSR count). The highest BCUT2D eigenvalue weighted by Gasteiger charge is 2.38. The van der Waals surface area contributed by atoms with Gasteiger partial charge in [0.2, 0.25) is 5.91 Å². The highest BCUT2D eigenvalue weighted by atomic mass is 16.3. The second-order valence-corrected chi connectivity index (χ2v) is 7.14. The standard InChI is InChI=1S/C20H26N4O2/c25-15-14-24-18(6-10-21-24)16-7-11-22(12-8-16)19-9-13-23(20(19)26)17-4-2-1-3-5-17/h1-6,10,16,19,25H,7-9,11-15H2. The third kappa shape index (κ3) is 3.27. The quantitative estimate of drug-likeness (QED) is 0.890. The van der Waals surface area contributed by atoms with Gasteiger partial charge in [0, 0.05) is 30.0 Å². The first kappa shape index (κ1) is 17.2. The van der Waals surface area contributed by atoms with Crippen LogP contribution in [0.5, 0.6) is 0 Å². The lowest BCUT2D eigenvalue weighted by molar-refractivity contribution is -0.122. The lowest BCUT2D eigenvalue weighted by Gasteiger charge is -2.35. The van der Waals surface area contributed by atoms with Crippen molar-refractivity contribution in [3.05, 3.63) is 48.3 Å². The molecule has 6 heteroatoms. The predicted molar refractivity (Wildman–Crippen MR) is 100 cm³/mol. The highest BCUT2D eigenvalue weighted by molar-refractivity contribution is 5.99. The van der Waals surface area contributed by atoms with Gasteiger partial charge in [0.15, 0.2) is 0 Å². The number of likely N-dealkylation sites (tertiary alicyclic amines) is 1. The van der Waals surface area contributed by atoms with Crippen molar-refractivity contribution in [1.82, 2.24) is 14.7 Å². The van der Waals surface area contributed by atoms with Crippen molar-refractivity contribution < 1.29 is 9.90 Å². The second kappa shape index (κ2) is 7.60. The smallest absolute Gasteiger partial charge is 0.244 e. The molecule has 2 aliphatic rings. The van der Waals surface area contributed by atoms with Crippen molar-refractivity contribution in [1.29, 1.82) is 0 Å². The van der Waals surface area contributed by atoms with Crippen LogP contribution in [0, 0.1) is 0 Å². The summed E-state index contributed by atoms with van der Waals surface area (Å²) < 4.78 is 1.91. The summed E-state index contributed by atoms with van der Waals surface area (Å²) >= 11 is 0. The molecule has 1 aromatic heterocycles. The lowest BCUT2D eigenvalue weighted by atomic mass is 9.92. The van der Waals surface area contributed by atoms with Gasteiger partial charge in [-0.05, 0) is 50.6 Å². The van der Waals surface area contributed by atoms with E-state index in [0.29, 0.717) is 12.5 Å². The zero-order valence-corrected chi connectivity index (χ0v) is 15.0. The van der Waals surface area contributed by atoms with Crippen molar-refractivity contribution in [3.8, 4) is 0 Å². The third-order valence-electron chi connectivity index (χ3n) is 5.69. The number of aromatic nitrogens is 2. The molecule has 0 bridgehead atoms. The summed E-state index contributed by atoms with van der Waals surface area (Å²) in [6.45, 7) is 3.34. The molecule has 2 fully saturated rings. The van der Waals surface area contributed by atoms with E-state index in [9.17, 15) is 9.90 Å². The first-order valence-electron chi connectivity index (χ1n) is 9.51. The van der Waals surface area contributed by atoms with Gasteiger partial charge in [-0.3, -0.25) is 14.4 Å². The molecular formula is C20H26N4O2. The molecule has 0 saturated carbocycles. The number of hydrogen-bond donors (Lipinski definition) is 1. The van der Waals surface area contributed by atoms with E-state index >= 15 is 0 Å². The fourth-order valence-electron chi connectivity index (χ4n) is 4.35. The van der Waals surface area contributed by atoms with E-state index < -0.39 is 0 Å². The Morgan fingerprint density at radius 3 is 2.54 bits per heavy atom. The molecule has 6 nitrogen and oxygen atoms in total. The Balaban J connectivity index is 1.38. The average Bonchev–Trinajstić information content (AvgIpc) is 3.30. The molecule has 2 saturated heterocycles. The van der Waals surface area contributed by atoms with E-state index in [1.165, 1.54) is 5.69 Å². The fourth-order valence-corrected chi connectivity index (χ4v) is 4.35. The Morgan fingerprint density at radius 2 is 1.81 bits per heavy atom. The number of carbonyl (C=O) groups excluding carboxylic acids is 1. The molecule has 1 N–H and O–H groups in total. The van der Waals surface area contributed by atoms with Crippen LogP contribution in [0.1, 0.15) is 30.9 Å². The van der Waals surface area contributed by atoms with Gasteiger partial charge in [-0.2, -0.15) is 5.10 Å². The van der Waals surface area contributed by atoms with E-state index in [1.54, 1.807) is 0 Å². The van der Waals surface area contributed by atoms with E-state index in [1.807, 2.05) is 46.1 Å². The number of hydrogen-bond acceptors (Lipinski definition) is 4. The van der Waals surface area contributed by atoms with Crippen molar-refractivity contribution in [2.75, 3.05) is 31.1 Å². The normalized spacial score (nSPS) is 22.3. The average molecular weight is 354 g/mol. The van der Waals surface area contributed by atoms with E-state index in [0.717, 1.165) is 44.6 Å². The number of amides is 1. The Kier molecular flexibility index (Phi) is 5.04. The maximum absolute atomic E-state index is 12.9. The van der Waals surface area contributed by atoms with Crippen LogP contribution in [-0.4, -0.2) is 58.0 Å². The lowest BCUT2D eigenvalue weighted by Crippen LogP contribution is -2.45. The molecular weight excluding hydrogens is 328 g/mol. The monoisotopic (exact) mass is 354 g/mol. The molecule has 1 unspecified atom stereocenters. The van der Waals surface area contributed by atoms with Crippen LogP contribution in [0.15, 0.2) is 42.6 Å². The summed E-state index contributed by atoms with van der Waals surface area (Å²) in [6, 6.07) is 12.0. The summed E-state index contributed by atoms with van der Waals surface area (Å²) in [5.41, 5.74) is 2.21. The summed E-state index contributed by atoms with van der Waals surface area (Å²) in [5.74, 6) is 0.696. The van der Waals surface area contributed by atoms with Crippen molar-refractivity contribution in [2.45, 2.75) is 37.8 Å². The number of piperidine rings is 1. The van der Waals surface area contributed by atoms with Crippen molar-refractivity contribution >= 4 is 11.6 Å². The van der Waals surface area contributed by atoms with E-state index in [4.69, 9.17) is 0 Å². The van der Waals surface area contributed by atoms with Gasteiger partial charge in [-0.1, -0.05) is 18.2 Å². The molecule has 1 atom stereocenters.